The van der Waals surface area contributed by atoms with Crippen LogP contribution in [0.1, 0.15) is 18.9 Å². The van der Waals surface area contributed by atoms with Gasteiger partial charge in [0, 0.05) is 16.5 Å². The average molecular weight is 338 g/mol. The molecule has 1 aromatic heterocycles. The molecule has 22 heavy (non-hydrogen) atoms. The third kappa shape index (κ3) is 2.27. The van der Waals surface area contributed by atoms with Crippen molar-refractivity contribution in [3.8, 4) is 0 Å². The van der Waals surface area contributed by atoms with Gasteiger partial charge in [-0.25, -0.2) is 9.78 Å². The number of thiazole rings is 1. The number of hydrogen-bond acceptors (Lipinski definition) is 6. The maximum Gasteiger partial charge on any atom is 0.353 e. The van der Waals surface area contributed by atoms with Crippen LogP contribution >= 0.6 is 23.1 Å². The van der Waals surface area contributed by atoms with Gasteiger partial charge in [-0.05, 0) is 25.5 Å². The number of carbonyl (C=O) groups excluding carboxylic acids is 1. The number of thioether (sulfide) groups is 1. The zero-order valence-electron chi connectivity index (χ0n) is 11.9. The molecule has 0 bridgehead atoms. The minimum Gasteiger partial charge on any atom is -0.477 e. The van der Waals surface area contributed by atoms with Gasteiger partial charge in [-0.1, -0.05) is 11.8 Å². The van der Waals surface area contributed by atoms with Gasteiger partial charge in [-0.2, -0.15) is 0 Å². The number of rotatable bonds is 4. The third-order valence-electron chi connectivity index (χ3n) is 3.65. The number of aliphatic hydroxyl groups is 1. The summed E-state index contributed by atoms with van der Waals surface area (Å²) in [6.45, 7) is 3.41. The SMILES string of the molecule is C/C(=C\C1=C(C(=O)O)N2C(=O)[C@H](C(C)O)[C@H]2S1)c1nccs1. The van der Waals surface area contributed by atoms with E-state index in [9.17, 15) is 19.8 Å². The lowest BCUT2D eigenvalue weighted by Gasteiger charge is -2.43. The number of allylic oxidation sites excluding steroid dienone is 2. The molecule has 8 heteroatoms. The van der Waals surface area contributed by atoms with Crippen molar-refractivity contribution in [2.24, 2.45) is 5.92 Å². The molecule has 1 unspecified atom stereocenters. The lowest BCUT2D eigenvalue weighted by Crippen LogP contribution is -2.60. The number of aliphatic hydroxyl groups excluding tert-OH is 1. The van der Waals surface area contributed by atoms with E-state index in [1.54, 1.807) is 19.2 Å². The molecule has 6 nitrogen and oxygen atoms in total. The summed E-state index contributed by atoms with van der Waals surface area (Å²) in [5.74, 6) is -2.02. The van der Waals surface area contributed by atoms with E-state index in [1.807, 2.05) is 12.3 Å². The van der Waals surface area contributed by atoms with Gasteiger partial charge < -0.3 is 10.2 Å². The molecule has 0 radical (unpaired) electrons. The van der Waals surface area contributed by atoms with Crippen molar-refractivity contribution in [3.63, 3.8) is 0 Å². The largest absolute Gasteiger partial charge is 0.477 e. The normalized spacial score (nSPS) is 26.0. The number of β-lactam (4-membered cyclic amide) rings is 1. The minimum atomic E-state index is -1.13. The van der Waals surface area contributed by atoms with Gasteiger partial charge in [0.05, 0.1) is 12.0 Å². The van der Waals surface area contributed by atoms with Crippen LogP contribution < -0.4 is 0 Å². The first-order valence-corrected chi connectivity index (χ1v) is 8.41. The first kappa shape index (κ1) is 15.3. The third-order valence-corrected chi connectivity index (χ3v) is 5.86. The van der Waals surface area contributed by atoms with Crippen molar-refractivity contribution >= 4 is 40.5 Å². The van der Waals surface area contributed by atoms with E-state index in [-0.39, 0.29) is 17.0 Å². The van der Waals surface area contributed by atoms with Crippen LogP contribution in [-0.4, -0.2) is 43.5 Å². The molecule has 3 heterocycles. The Labute approximate surface area is 135 Å². The second-order valence-corrected chi connectivity index (χ2v) is 7.22. The van der Waals surface area contributed by atoms with Crippen LogP contribution in [0.5, 0.6) is 0 Å². The standard InChI is InChI=1S/C14H14N2O4S2/c1-6(11-15-3-4-21-11)5-8-10(14(19)20)16-12(18)9(7(2)17)13(16)22-8/h3-5,7,9,13,17H,1-2H3,(H,19,20)/b6-5+/t7?,9-,13+/m0/s1. The molecule has 0 saturated carbocycles. The van der Waals surface area contributed by atoms with Crippen LogP contribution in [0.2, 0.25) is 0 Å². The van der Waals surface area contributed by atoms with Crippen molar-refractivity contribution in [3.05, 3.63) is 33.3 Å². The fourth-order valence-corrected chi connectivity index (χ4v) is 4.81. The fourth-order valence-electron chi connectivity index (χ4n) is 2.59. The van der Waals surface area contributed by atoms with E-state index in [4.69, 9.17) is 0 Å². The summed E-state index contributed by atoms with van der Waals surface area (Å²) in [5.41, 5.74) is 0.840. The molecule has 1 saturated heterocycles. The Kier molecular flexibility index (Phi) is 3.84. The number of fused-ring (bicyclic) bond motifs is 1. The zero-order chi connectivity index (χ0) is 16.0. The van der Waals surface area contributed by atoms with Gasteiger partial charge in [0.1, 0.15) is 16.1 Å². The lowest BCUT2D eigenvalue weighted by molar-refractivity contribution is -0.156. The van der Waals surface area contributed by atoms with Crippen molar-refractivity contribution < 1.29 is 19.8 Å². The highest BCUT2D eigenvalue weighted by molar-refractivity contribution is 8.04. The Morgan fingerprint density at radius 1 is 1.55 bits per heavy atom. The van der Waals surface area contributed by atoms with Crippen molar-refractivity contribution in [2.75, 3.05) is 0 Å². The lowest BCUT2D eigenvalue weighted by atomic mass is 9.92. The summed E-state index contributed by atoms with van der Waals surface area (Å²) < 4.78 is 0. The van der Waals surface area contributed by atoms with Gasteiger partial charge in [-0.15, -0.1) is 11.3 Å². The summed E-state index contributed by atoms with van der Waals surface area (Å²) in [4.78, 5) is 29.6. The Hall–Kier alpha value is -1.64. The molecule has 1 aromatic rings. The number of carbonyl (C=O) groups is 2. The average Bonchev–Trinajstić information content (AvgIpc) is 3.04. The summed E-state index contributed by atoms with van der Waals surface area (Å²) >= 11 is 2.78. The predicted octanol–water partition coefficient (Wildman–Crippen LogP) is 1.75. The second-order valence-electron chi connectivity index (χ2n) is 5.17. The second kappa shape index (κ2) is 5.53. The number of nitrogens with zero attached hydrogens (tertiary/aromatic N) is 2. The Bertz CT molecular complexity index is 694. The molecular formula is C14H14N2O4S2. The highest BCUT2D eigenvalue weighted by Crippen LogP contribution is 2.51. The van der Waals surface area contributed by atoms with Crippen LogP contribution in [-0.2, 0) is 9.59 Å². The topological polar surface area (TPSA) is 90.7 Å². The summed E-state index contributed by atoms with van der Waals surface area (Å²) in [6, 6.07) is 0. The van der Waals surface area contributed by atoms with Crippen molar-refractivity contribution in [2.45, 2.75) is 25.3 Å². The number of amides is 1. The first-order chi connectivity index (χ1) is 10.4. The smallest absolute Gasteiger partial charge is 0.353 e. The molecule has 3 atom stereocenters. The van der Waals surface area contributed by atoms with Crippen molar-refractivity contribution in [1.29, 1.82) is 0 Å². The van der Waals surface area contributed by atoms with Crippen molar-refractivity contribution in [1.82, 2.24) is 9.88 Å². The van der Waals surface area contributed by atoms with Crippen LogP contribution in [0.15, 0.2) is 28.3 Å². The molecule has 2 N–H and O–H groups in total. The number of carboxylic acid groups (broad SMARTS) is 1. The summed E-state index contributed by atoms with van der Waals surface area (Å²) in [7, 11) is 0. The monoisotopic (exact) mass is 338 g/mol. The van der Waals surface area contributed by atoms with E-state index >= 15 is 0 Å². The molecule has 116 valence electrons. The number of carboxylic acids is 1. The molecule has 0 aliphatic carbocycles. The molecule has 3 rings (SSSR count). The number of aromatic nitrogens is 1. The highest BCUT2D eigenvalue weighted by atomic mass is 32.2. The molecule has 1 fully saturated rings. The Morgan fingerprint density at radius 3 is 2.82 bits per heavy atom. The maximum atomic E-state index is 12.1. The quantitative estimate of drug-likeness (QED) is 0.813. The Morgan fingerprint density at radius 2 is 2.27 bits per heavy atom. The van der Waals surface area contributed by atoms with Crippen LogP contribution in [0.25, 0.3) is 5.57 Å². The minimum absolute atomic E-state index is 0.00666. The molecule has 0 aromatic carbocycles. The van der Waals surface area contributed by atoms with Gasteiger partial charge in [0.15, 0.2) is 0 Å². The van der Waals surface area contributed by atoms with Crippen LogP contribution in [0.3, 0.4) is 0 Å². The van der Waals surface area contributed by atoms with E-state index in [1.165, 1.54) is 28.0 Å². The van der Waals surface area contributed by atoms with E-state index in [2.05, 4.69) is 4.98 Å². The zero-order valence-corrected chi connectivity index (χ0v) is 13.5. The number of hydrogen-bond donors (Lipinski definition) is 2. The van der Waals surface area contributed by atoms with E-state index < -0.39 is 18.0 Å². The first-order valence-electron chi connectivity index (χ1n) is 6.65. The Balaban J connectivity index is 1.96. The molecular weight excluding hydrogens is 324 g/mol. The molecule has 0 spiro atoms. The van der Waals surface area contributed by atoms with Gasteiger partial charge >= 0.3 is 5.97 Å². The molecule has 1 amide bonds. The number of aliphatic carboxylic acids is 1. The summed E-state index contributed by atoms with van der Waals surface area (Å²) in [6.07, 6.45) is 2.64. The van der Waals surface area contributed by atoms with Gasteiger partial charge in [-0.3, -0.25) is 9.69 Å². The maximum absolute atomic E-state index is 12.1. The van der Waals surface area contributed by atoms with Crippen LogP contribution in [0, 0.1) is 5.92 Å². The summed E-state index contributed by atoms with van der Waals surface area (Å²) in [5, 5.41) is 21.4. The molecule has 2 aliphatic heterocycles. The molecule has 2 aliphatic rings. The fraction of sp³-hybridized carbons (Fsp3) is 0.357. The van der Waals surface area contributed by atoms with E-state index in [0.717, 1.165) is 10.6 Å². The van der Waals surface area contributed by atoms with Gasteiger partial charge in [0.25, 0.3) is 0 Å². The predicted molar refractivity (Wildman–Crippen MR) is 83.8 cm³/mol. The van der Waals surface area contributed by atoms with E-state index in [0.29, 0.717) is 4.91 Å². The van der Waals surface area contributed by atoms with Gasteiger partial charge in [0.2, 0.25) is 5.91 Å². The highest BCUT2D eigenvalue weighted by Gasteiger charge is 2.57. The van der Waals surface area contributed by atoms with Crippen LogP contribution in [0.4, 0.5) is 0 Å².